The first kappa shape index (κ1) is 21.7. The molecule has 1 unspecified atom stereocenters. The van der Waals surface area contributed by atoms with Gasteiger partial charge in [0.15, 0.2) is 0 Å². The van der Waals surface area contributed by atoms with Crippen LogP contribution in [0.3, 0.4) is 0 Å². The third-order valence-electron chi connectivity index (χ3n) is 5.60. The first-order valence-corrected chi connectivity index (χ1v) is 11.0. The van der Waals surface area contributed by atoms with Gasteiger partial charge in [0.2, 0.25) is 0 Å². The zero-order chi connectivity index (χ0) is 19.4. The molecular weight excluding hydrogens is 332 g/mol. The molecule has 0 radical (unpaired) electrons. The number of hydrogen-bond donors (Lipinski definition) is 1. The van der Waals surface area contributed by atoms with E-state index in [1.807, 2.05) is 49.6 Å². The number of hydrogen-bond acceptors (Lipinski definition) is 2. The van der Waals surface area contributed by atoms with Gasteiger partial charge >= 0.3 is 0 Å². The lowest BCUT2D eigenvalue weighted by Crippen LogP contribution is -2.30. The number of imidazole rings is 1. The molecule has 1 heterocycles. The average Bonchev–Trinajstić information content (AvgIpc) is 3.18. The smallest absolute Gasteiger partial charge is 0.147 e. The van der Waals surface area contributed by atoms with Gasteiger partial charge in [0.05, 0.1) is 0 Å². The molecular formula is C24H38N2O. The third-order valence-corrected chi connectivity index (χ3v) is 5.60. The minimum atomic E-state index is -1.01. The van der Waals surface area contributed by atoms with Crippen LogP contribution in [0.15, 0.2) is 42.7 Å². The number of aromatic nitrogens is 2. The minimum absolute atomic E-state index is 0.617. The molecule has 0 aliphatic carbocycles. The molecule has 0 fully saturated rings. The standard InChI is InChI=1S/C24H38N2O/c1-3-5-6-7-8-9-10-11-12-16-20-26-21-19-25-23(26)24(27,4-2)22-17-14-13-15-18-22/h13-15,17-19,21,27H,3-12,16,20H2,1-2H3. The Hall–Kier alpha value is -1.61. The van der Waals surface area contributed by atoms with Crippen LogP contribution < -0.4 is 0 Å². The van der Waals surface area contributed by atoms with E-state index in [2.05, 4.69) is 16.5 Å². The Bertz CT molecular complexity index is 622. The Morgan fingerprint density at radius 2 is 1.44 bits per heavy atom. The van der Waals surface area contributed by atoms with Gasteiger partial charge in [-0.1, -0.05) is 102 Å². The molecule has 27 heavy (non-hydrogen) atoms. The number of rotatable bonds is 14. The summed E-state index contributed by atoms with van der Waals surface area (Å²) >= 11 is 0. The lowest BCUT2D eigenvalue weighted by Gasteiger charge is -2.27. The number of nitrogens with zero attached hydrogens (tertiary/aromatic N) is 2. The van der Waals surface area contributed by atoms with Crippen molar-refractivity contribution in [1.29, 1.82) is 0 Å². The van der Waals surface area contributed by atoms with Crippen molar-refractivity contribution in [2.75, 3.05) is 0 Å². The van der Waals surface area contributed by atoms with Crippen LogP contribution in [0.25, 0.3) is 0 Å². The van der Waals surface area contributed by atoms with Gasteiger partial charge in [-0.15, -0.1) is 0 Å². The van der Waals surface area contributed by atoms with E-state index in [1.165, 1.54) is 57.8 Å². The van der Waals surface area contributed by atoms with Crippen molar-refractivity contribution in [2.24, 2.45) is 0 Å². The second-order valence-electron chi connectivity index (χ2n) is 7.71. The Kier molecular flexibility index (Phi) is 9.61. The Balaban J connectivity index is 1.77. The van der Waals surface area contributed by atoms with Crippen molar-refractivity contribution in [3.63, 3.8) is 0 Å². The van der Waals surface area contributed by atoms with Gasteiger partial charge in [0.1, 0.15) is 11.4 Å². The Morgan fingerprint density at radius 3 is 2.04 bits per heavy atom. The van der Waals surface area contributed by atoms with Crippen LogP contribution >= 0.6 is 0 Å². The fraction of sp³-hybridized carbons (Fsp3) is 0.625. The molecule has 0 saturated carbocycles. The van der Waals surface area contributed by atoms with Gasteiger partial charge in [0.25, 0.3) is 0 Å². The van der Waals surface area contributed by atoms with Crippen molar-refractivity contribution in [3.05, 3.63) is 54.1 Å². The highest BCUT2D eigenvalue weighted by atomic mass is 16.3. The van der Waals surface area contributed by atoms with Gasteiger partial charge in [-0.25, -0.2) is 4.98 Å². The van der Waals surface area contributed by atoms with Crippen LogP contribution in [0, 0.1) is 0 Å². The highest BCUT2D eigenvalue weighted by molar-refractivity contribution is 5.29. The van der Waals surface area contributed by atoms with Gasteiger partial charge in [-0.2, -0.15) is 0 Å². The Labute approximate surface area is 165 Å². The SMILES string of the molecule is CCCCCCCCCCCCn1ccnc1C(O)(CC)c1ccccc1. The zero-order valence-electron chi connectivity index (χ0n) is 17.4. The number of aryl methyl sites for hydroxylation is 1. The van der Waals surface area contributed by atoms with Gasteiger partial charge in [-0.05, 0) is 18.4 Å². The van der Waals surface area contributed by atoms with Crippen LogP contribution in [-0.4, -0.2) is 14.7 Å². The summed E-state index contributed by atoms with van der Waals surface area (Å²) in [4.78, 5) is 4.51. The van der Waals surface area contributed by atoms with Crippen molar-refractivity contribution in [3.8, 4) is 0 Å². The lowest BCUT2D eigenvalue weighted by atomic mass is 9.90. The molecule has 1 aromatic carbocycles. The second kappa shape index (κ2) is 12.0. The summed E-state index contributed by atoms with van der Waals surface area (Å²) in [5, 5.41) is 11.3. The van der Waals surface area contributed by atoms with Gasteiger partial charge in [0, 0.05) is 18.9 Å². The number of unbranched alkanes of at least 4 members (excludes halogenated alkanes) is 9. The zero-order valence-corrected chi connectivity index (χ0v) is 17.4. The second-order valence-corrected chi connectivity index (χ2v) is 7.71. The molecule has 1 N–H and O–H groups in total. The van der Waals surface area contributed by atoms with Crippen molar-refractivity contribution >= 4 is 0 Å². The predicted molar refractivity (Wildman–Crippen MR) is 114 cm³/mol. The fourth-order valence-electron chi connectivity index (χ4n) is 3.83. The summed E-state index contributed by atoms with van der Waals surface area (Å²) in [6.07, 6.45) is 17.8. The lowest BCUT2D eigenvalue weighted by molar-refractivity contribution is 0.0628. The van der Waals surface area contributed by atoms with E-state index in [4.69, 9.17) is 0 Å². The molecule has 2 rings (SSSR count). The molecule has 0 saturated heterocycles. The monoisotopic (exact) mass is 370 g/mol. The van der Waals surface area contributed by atoms with E-state index < -0.39 is 5.60 Å². The highest BCUT2D eigenvalue weighted by Crippen LogP contribution is 2.31. The minimum Gasteiger partial charge on any atom is -0.377 e. The summed E-state index contributed by atoms with van der Waals surface area (Å²) < 4.78 is 2.14. The molecule has 0 amide bonds. The van der Waals surface area contributed by atoms with Gasteiger partial charge in [-0.3, -0.25) is 0 Å². The molecule has 3 heteroatoms. The molecule has 2 aromatic rings. The average molecular weight is 371 g/mol. The summed E-state index contributed by atoms with van der Waals surface area (Å²) in [6, 6.07) is 9.92. The molecule has 0 aliphatic rings. The first-order chi connectivity index (χ1) is 13.2. The quantitative estimate of drug-likeness (QED) is 0.388. The van der Waals surface area contributed by atoms with E-state index in [1.54, 1.807) is 0 Å². The van der Waals surface area contributed by atoms with Crippen LogP contribution in [-0.2, 0) is 12.1 Å². The van der Waals surface area contributed by atoms with Crippen LogP contribution in [0.5, 0.6) is 0 Å². The van der Waals surface area contributed by atoms with E-state index in [-0.39, 0.29) is 0 Å². The molecule has 3 nitrogen and oxygen atoms in total. The van der Waals surface area contributed by atoms with Gasteiger partial charge < -0.3 is 9.67 Å². The van der Waals surface area contributed by atoms with E-state index >= 15 is 0 Å². The molecule has 0 bridgehead atoms. The fourth-order valence-corrected chi connectivity index (χ4v) is 3.83. The van der Waals surface area contributed by atoms with E-state index in [9.17, 15) is 5.11 Å². The normalized spacial score (nSPS) is 13.6. The Morgan fingerprint density at radius 1 is 0.852 bits per heavy atom. The summed E-state index contributed by atoms with van der Waals surface area (Å²) in [5.41, 5.74) is -0.0912. The van der Waals surface area contributed by atoms with Crippen molar-refractivity contribution < 1.29 is 5.11 Å². The predicted octanol–water partition coefficient (Wildman–Crippen LogP) is 6.45. The largest absolute Gasteiger partial charge is 0.377 e. The van der Waals surface area contributed by atoms with Crippen molar-refractivity contribution in [2.45, 2.75) is 96.6 Å². The number of aliphatic hydroxyl groups is 1. The number of benzene rings is 1. The third kappa shape index (κ3) is 6.49. The summed E-state index contributed by atoms with van der Waals surface area (Å²) in [5.74, 6) is 0.770. The van der Waals surface area contributed by atoms with Crippen LogP contribution in [0.1, 0.15) is 95.9 Å². The molecule has 1 aromatic heterocycles. The van der Waals surface area contributed by atoms with Crippen molar-refractivity contribution in [1.82, 2.24) is 9.55 Å². The molecule has 150 valence electrons. The highest BCUT2D eigenvalue weighted by Gasteiger charge is 2.33. The van der Waals surface area contributed by atoms with Crippen LogP contribution in [0.2, 0.25) is 0 Å². The van der Waals surface area contributed by atoms with E-state index in [0.717, 1.165) is 24.4 Å². The first-order valence-electron chi connectivity index (χ1n) is 11.0. The topological polar surface area (TPSA) is 38.0 Å². The molecule has 1 atom stereocenters. The maximum absolute atomic E-state index is 11.3. The maximum atomic E-state index is 11.3. The molecule has 0 aliphatic heterocycles. The van der Waals surface area contributed by atoms with E-state index in [0.29, 0.717) is 6.42 Å². The maximum Gasteiger partial charge on any atom is 0.147 e. The van der Waals surface area contributed by atoms with Crippen LogP contribution in [0.4, 0.5) is 0 Å². The molecule has 0 spiro atoms. The summed E-state index contributed by atoms with van der Waals surface area (Å²) in [7, 11) is 0. The summed E-state index contributed by atoms with van der Waals surface area (Å²) in [6.45, 7) is 5.22.